The maximum atomic E-state index is 13.8. The molecular weight excluding hydrogens is 298 g/mol. The van der Waals surface area contributed by atoms with Crippen LogP contribution in [0.4, 0.5) is 8.78 Å². The second kappa shape index (κ2) is 8.24. The van der Waals surface area contributed by atoms with E-state index >= 15 is 0 Å². The lowest BCUT2D eigenvalue weighted by molar-refractivity contribution is 0.210. The molecule has 1 saturated heterocycles. The molecule has 1 aliphatic heterocycles. The van der Waals surface area contributed by atoms with Gasteiger partial charge in [-0.25, -0.2) is 8.78 Å². The normalized spacial score (nSPS) is 21.1. The molecule has 1 aromatic rings. The minimum atomic E-state index is -0.567. The van der Waals surface area contributed by atoms with Crippen LogP contribution in [0.3, 0.4) is 0 Å². The molecule has 0 spiro atoms. The summed E-state index contributed by atoms with van der Waals surface area (Å²) in [6.07, 6.45) is 2.42. The molecule has 1 aromatic carbocycles. The van der Waals surface area contributed by atoms with E-state index in [1.165, 1.54) is 25.0 Å². The SMILES string of the molecule is CN=C(NCC1CCCN(C)C1)NC(C)c1ccc(F)cc1F. The molecule has 0 bridgehead atoms. The molecule has 2 atom stereocenters. The summed E-state index contributed by atoms with van der Waals surface area (Å²) in [7, 11) is 3.83. The monoisotopic (exact) mass is 324 g/mol. The van der Waals surface area contributed by atoms with E-state index in [2.05, 4.69) is 27.6 Å². The number of rotatable bonds is 4. The van der Waals surface area contributed by atoms with Crippen molar-refractivity contribution in [1.29, 1.82) is 0 Å². The lowest BCUT2D eigenvalue weighted by Gasteiger charge is -2.30. The smallest absolute Gasteiger partial charge is 0.191 e. The van der Waals surface area contributed by atoms with Gasteiger partial charge in [-0.1, -0.05) is 6.07 Å². The van der Waals surface area contributed by atoms with E-state index in [1.807, 2.05) is 6.92 Å². The van der Waals surface area contributed by atoms with E-state index in [0.29, 0.717) is 17.4 Å². The second-order valence-corrected chi connectivity index (χ2v) is 6.26. The first-order chi connectivity index (χ1) is 11.0. The molecule has 23 heavy (non-hydrogen) atoms. The average molecular weight is 324 g/mol. The van der Waals surface area contributed by atoms with Crippen molar-refractivity contribution in [2.75, 3.05) is 33.7 Å². The van der Waals surface area contributed by atoms with Gasteiger partial charge < -0.3 is 15.5 Å². The molecule has 0 radical (unpaired) electrons. The van der Waals surface area contributed by atoms with Crippen LogP contribution in [0.5, 0.6) is 0 Å². The van der Waals surface area contributed by atoms with E-state index in [0.717, 1.165) is 25.7 Å². The molecule has 4 nitrogen and oxygen atoms in total. The molecule has 0 saturated carbocycles. The minimum absolute atomic E-state index is 0.296. The van der Waals surface area contributed by atoms with E-state index in [4.69, 9.17) is 0 Å². The van der Waals surface area contributed by atoms with Crippen LogP contribution in [0.15, 0.2) is 23.2 Å². The van der Waals surface area contributed by atoms with Crippen LogP contribution in [0.25, 0.3) is 0 Å². The lowest BCUT2D eigenvalue weighted by atomic mass is 9.98. The first-order valence-corrected chi connectivity index (χ1v) is 8.10. The van der Waals surface area contributed by atoms with E-state index in [9.17, 15) is 8.78 Å². The summed E-state index contributed by atoms with van der Waals surface area (Å²) >= 11 is 0. The van der Waals surface area contributed by atoms with Crippen molar-refractivity contribution in [3.05, 3.63) is 35.4 Å². The summed E-state index contributed by atoms with van der Waals surface area (Å²) in [5, 5.41) is 6.46. The Morgan fingerprint density at radius 2 is 2.22 bits per heavy atom. The molecule has 0 amide bonds. The Morgan fingerprint density at radius 3 is 2.87 bits per heavy atom. The van der Waals surface area contributed by atoms with Gasteiger partial charge in [-0.2, -0.15) is 0 Å². The summed E-state index contributed by atoms with van der Waals surface area (Å²) in [6, 6.07) is 3.34. The fourth-order valence-electron chi connectivity index (χ4n) is 3.01. The molecule has 1 aliphatic rings. The quantitative estimate of drug-likeness (QED) is 0.660. The topological polar surface area (TPSA) is 39.7 Å². The fraction of sp³-hybridized carbons (Fsp3) is 0.588. The van der Waals surface area contributed by atoms with Crippen LogP contribution >= 0.6 is 0 Å². The van der Waals surface area contributed by atoms with Crippen LogP contribution in [0.1, 0.15) is 31.4 Å². The standard InChI is InChI=1S/C17H26F2N4/c1-12(15-7-6-14(18)9-16(15)19)22-17(20-2)21-10-13-5-4-8-23(3)11-13/h6-7,9,12-13H,4-5,8,10-11H2,1-3H3,(H2,20,21,22). The maximum Gasteiger partial charge on any atom is 0.191 e. The van der Waals surface area contributed by atoms with Crippen molar-refractivity contribution in [2.45, 2.75) is 25.8 Å². The Bertz CT molecular complexity index is 547. The number of piperidine rings is 1. The van der Waals surface area contributed by atoms with Crippen molar-refractivity contribution in [2.24, 2.45) is 10.9 Å². The molecule has 2 rings (SSSR count). The first kappa shape index (κ1) is 17.7. The maximum absolute atomic E-state index is 13.8. The van der Waals surface area contributed by atoms with Crippen molar-refractivity contribution >= 4 is 5.96 Å². The van der Waals surface area contributed by atoms with Gasteiger partial charge in [-0.3, -0.25) is 4.99 Å². The number of benzene rings is 1. The second-order valence-electron chi connectivity index (χ2n) is 6.26. The zero-order valence-electron chi connectivity index (χ0n) is 14.1. The van der Waals surface area contributed by atoms with Crippen LogP contribution < -0.4 is 10.6 Å². The van der Waals surface area contributed by atoms with Crippen LogP contribution in [0, 0.1) is 17.6 Å². The predicted octanol–water partition coefficient (Wildman–Crippen LogP) is 2.53. The molecular formula is C17H26F2N4. The number of nitrogens with one attached hydrogen (secondary N) is 2. The first-order valence-electron chi connectivity index (χ1n) is 8.10. The third-order valence-corrected chi connectivity index (χ3v) is 4.29. The van der Waals surface area contributed by atoms with Crippen molar-refractivity contribution in [3.8, 4) is 0 Å². The van der Waals surface area contributed by atoms with Crippen LogP contribution in [0.2, 0.25) is 0 Å². The highest BCUT2D eigenvalue weighted by atomic mass is 19.1. The number of hydrogen-bond donors (Lipinski definition) is 2. The number of halogens is 2. The van der Waals surface area contributed by atoms with Gasteiger partial charge in [0, 0.05) is 31.8 Å². The van der Waals surface area contributed by atoms with Crippen LogP contribution in [-0.4, -0.2) is 44.6 Å². The Labute approximate surface area is 137 Å². The molecule has 0 aromatic heterocycles. The highest BCUT2D eigenvalue weighted by molar-refractivity contribution is 5.80. The Balaban J connectivity index is 1.88. The van der Waals surface area contributed by atoms with Crippen LogP contribution in [-0.2, 0) is 0 Å². The molecule has 128 valence electrons. The third kappa shape index (κ3) is 5.16. The number of nitrogens with zero attached hydrogens (tertiary/aromatic N) is 2. The van der Waals surface area contributed by atoms with Gasteiger partial charge in [0.15, 0.2) is 5.96 Å². The lowest BCUT2D eigenvalue weighted by Crippen LogP contribution is -2.44. The van der Waals surface area contributed by atoms with Gasteiger partial charge in [0.05, 0.1) is 6.04 Å². The molecule has 0 aliphatic carbocycles. The minimum Gasteiger partial charge on any atom is -0.356 e. The van der Waals surface area contributed by atoms with E-state index < -0.39 is 11.6 Å². The summed E-state index contributed by atoms with van der Waals surface area (Å²) in [4.78, 5) is 6.52. The number of likely N-dealkylation sites (tertiary alicyclic amines) is 1. The predicted molar refractivity (Wildman–Crippen MR) is 89.5 cm³/mol. The van der Waals surface area contributed by atoms with Gasteiger partial charge in [-0.15, -0.1) is 0 Å². The highest BCUT2D eigenvalue weighted by Crippen LogP contribution is 2.18. The van der Waals surface area contributed by atoms with E-state index in [-0.39, 0.29) is 6.04 Å². The Morgan fingerprint density at radius 1 is 1.43 bits per heavy atom. The summed E-state index contributed by atoms with van der Waals surface area (Å²) in [6.45, 7) is 4.90. The van der Waals surface area contributed by atoms with Gasteiger partial charge in [0.2, 0.25) is 0 Å². The molecule has 2 N–H and O–H groups in total. The molecule has 1 fully saturated rings. The third-order valence-electron chi connectivity index (χ3n) is 4.29. The van der Waals surface area contributed by atoms with Gasteiger partial charge in [-0.05, 0) is 45.3 Å². The van der Waals surface area contributed by atoms with E-state index in [1.54, 1.807) is 7.05 Å². The van der Waals surface area contributed by atoms with Crippen molar-refractivity contribution < 1.29 is 8.78 Å². The Hall–Kier alpha value is -1.69. The zero-order chi connectivity index (χ0) is 16.8. The zero-order valence-corrected chi connectivity index (χ0v) is 14.1. The Kier molecular flexibility index (Phi) is 6.33. The average Bonchev–Trinajstić information content (AvgIpc) is 2.51. The number of aliphatic imine (C=N–C) groups is 1. The fourth-order valence-corrected chi connectivity index (χ4v) is 3.01. The summed E-state index contributed by atoms with van der Waals surface area (Å²) in [5.74, 6) is 0.108. The largest absolute Gasteiger partial charge is 0.356 e. The highest BCUT2D eigenvalue weighted by Gasteiger charge is 2.18. The van der Waals surface area contributed by atoms with Crippen molar-refractivity contribution in [3.63, 3.8) is 0 Å². The molecule has 2 unspecified atom stereocenters. The molecule has 1 heterocycles. The van der Waals surface area contributed by atoms with Crippen molar-refractivity contribution in [1.82, 2.24) is 15.5 Å². The van der Waals surface area contributed by atoms with Gasteiger partial charge in [0.25, 0.3) is 0 Å². The number of hydrogen-bond acceptors (Lipinski definition) is 2. The summed E-state index contributed by atoms with van der Waals surface area (Å²) in [5.41, 5.74) is 0.423. The summed E-state index contributed by atoms with van der Waals surface area (Å²) < 4.78 is 26.8. The molecule has 6 heteroatoms. The number of guanidine groups is 1. The van der Waals surface area contributed by atoms with Gasteiger partial charge in [0.1, 0.15) is 11.6 Å². The van der Waals surface area contributed by atoms with Gasteiger partial charge >= 0.3 is 0 Å².